The standard InChI is InChI=1S/C14H16N2S2/c1-11(15-9-17)6-13-4-3-5-14(8-13)7-12(2)16-10-18/h3-5,8,11-12H,6-7H2,1-2H3. The molecule has 0 saturated carbocycles. The molecule has 0 aliphatic heterocycles. The number of isothiocyanates is 2. The number of rotatable bonds is 6. The van der Waals surface area contributed by atoms with Gasteiger partial charge in [0.2, 0.25) is 0 Å². The normalized spacial score (nSPS) is 13.0. The first-order valence-electron chi connectivity index (χ1n) is 5.87. The molecule has 18 heavy (non-hydrogen) atoms. The minimum absolute atomic E-state index is 0.175. The Balaban J connectivity index is 2.72. The van der Waals surface area contributed by atoms with E-state index in [4.69, 9.17) is 0 Å². The predicted molar refractivity (Wildman–Crippen MR) is 82.8 cm³/mol. The molecule has 0 spiro atoms. The molecule has 0 heterocycles. The van der Waals surface area contributed by atoms with Crippen LogP contribution < -0.4 is 0 Å². The van der Waals surface area contributed by atoms with Gasteiger partial charge >= 0.3 is 0 Å². The van der Waals surface area contributed by atoms with Gasteiger partial charge in [-0.1, -0.05) is 24.3 Å². The second kappa shape index (κ2) is 8.02. The molecule has 1 rings (SSSR count). The first-order chi connectivity index (χ1) is 8.65. The van der Waals surface area contributed by atoms with Crippen molar-refractivity contribution in [3.8, 4) is 0 Å². The predicted octanol–water partition coefficient (Wildman–Crippen LogP) is 3.75. The van der Waals surface area contributed by atoms with Crippen LogP contribution in [0.1, 0.15) is 25.0 Å². The molecule has 0 fully saturated rings. The van der Waals surface area contributed by atoms with Crippen LogP contribution in [0.25, 0.3) is 0 Å². The molecule has 0 aliphatic carbocycles. The number of aliphatic imine (C=N–C) groups is 2. The largest absolute Gasteiger partial charge is 0.229 e. The summed E-state index contributed by atoms with van der Waals surface area (Å²) in [5.41, 5.74) is 2.51. The SMILES string of the molecule is CC(Cc1cccc(CC(C)N=C=S)c1)N=C=S. The Bertz CT molecular complexity index is 445. The van der Waals surface area contributed by atoms with E-state index in [1.165, 1.54) is 11.1 Å². The lowest BCUT2D eigenvalue weighted by molar-refractivity contribution is 0.732. The molecule has 0 aliphatic rings. The maximum absolute atomic E-state index is 4.61. The van der Waals surface area contributed by atoms with Gasteiger partial charge in [0.15, 0.2) is 0 Å². The van der Waals surface area contributed by atoms with Crippen molar-refractivity contribution < 1.29 is 0 Å². The zero-order valence-corrected chi connectivity index (χ0v) is 12.2. The van der Waals surface area contributed by atoms with Crippen LogP contribution in [-0.2, 0) is 12.8 Å². The first kappa shape index (κ1) is 14.9. The molecule has 2 atom stereocenters. The summed E-state index contributed by atoms with van der Waals surface area (Å²) < 4.78 is 0. The molecule has 0 aromatic heterocycles. The Hall–Kier alpha value is -1.18. The Morgan fingerprint density at radius 3 is 1.83 bits per heavy atom. The first-order valence-corrected chi connectivity index (χ1v) is 6.69. The van der Waals surface area contributed by atoms with E-state index in [1.54, 1.807) is 0 Å². The highest BCUT2D eigenvalue weighted by Crippen LogP contribution is 2.11. The van der Waals surface area contributed by atoms with E-state index in [1.807, 2.05) is 13.8 Å². The van der Waals surface area contributed by atoms with Gasteiger partial charge in [-0.25, -0.2) is 9.98 Å². The van der Waals surface area contributed by atoms with Crippen molar-refractivity contribution in [1.29, 1.82) is 0 Å². The molecule has 4 heteroatoms. The second-order valence-corrected chi connectivity index (χ2v) is 4.73. The zero-order chi connectivity index (χ0) is 13.4. The summed E-state index contributed by atoms with van der Waals surface area (Å²) in [6.07, 6.45) is 1.75. The van der Waals surface area contributed by atoms with Gasteiger partial charge in [-0.15, -0.1) is 0 Å². The molecule has 2 nitrogen and oxygen atoms in total. The van der Waals surface area contributed by atoms with E-state index in [9.17, 15) is 0 Å². The summed E-state index contributed by atoms with van der Waals surface area (Å²) in [6, 6.07) is 8.80. The lowest BCUT2D eigenvalue weighted by Crippen LogP contribution is -2.05. The fourth-order valence-corrected chi connectivity index (χ4v) is 2.20. The monoisotopic (exact) mass is 276 g/mol. The van der Waals surface area contributed by atoms with E-state index in [2.05, 4.69) is 69.0 Å². The van der Waals surface area contributed by atoms with Gasteiger partial charge in [-0.2, -0.15) is 0 Å². The van der Waals surface area contributed by atoms with Gasteiger partial charge < -0.3 is 0 Å². The Kier molecular flexibility index (Phi) is 6.63. The highest BCUT2D eigenvalue weighted by atomic mass is 32.1. The van der Waals surface area contributed by atoms with Crippen molar-refractivity contribution in [3.05, 3.63) is 35.4 Å². The topological polar surface area (TPSA) is 24.7 Å². The van der Waals surface area contributed by atoms with Gasteiger partial charge in [0.05, 0.1) is 22.4 Å². The Morgan fingerprint density at radius 1 is 1.00 bits per heavy atom. The van der Waals surface area contributed by atoms with Crippen molar-refractivity contribution in [2.45, 2.75) is 38.8 Å². The molecule has 94 valence electrons. The number of hydrogen-bond acceptors (Lipinski definition) is 4. The van der Waals surface area contributed by atoms with E-state index in [0.717, 1.165) is 12.8 Å². The third-order valence-corrected chi connectivity index (χ3v) is 2.81. The smallest absolute Gasteiger partial charge is 0.0614 e. The number of benzene rings is 1. The quantitative estimate of drug-likeness (QED) is 0.584. The summed E-state index contributed by atoms with van der Waals surface area (Å²) in [5.74, 6) is 0. The van der Waals surface area contributed by atoms with Gasteiger partial charge in [-0.05, 0) is 62.3 Å². The molecule has 0 radical (unpaired) electrons. The molecule has 0 amide bonds. The van der Waals surface area contributed by atoms with Crippen LogP contribution in [0.5, 0.6) is 0 Å². The summed E-state index contributed by atoms with van der Waals surface area (Å²) in [6.45, 7) is 4.07. The van der Waals surface area contributed by atoms with Crippen molar-refractivity contribution in [2.75, 3.05) is 0 Å². The third-order valence-electron chi connectivity index (χ3n) is 2.60. The van der Waals surface area contributed by atoms with Crippen LogP contribution in [0.15, 0.2) is 34.3 Å². The molecule has 1 aromatic carbocycles. The van der Waals surface area contributed by atoms with Crippen molar-refractivity contribution >= 4 is 34.8 Å². The van der Waals surface area contributed by atoms with Gasteiger partial charge in [0, 0.05) is 0 Å². The number of thiocarbonyl (C=S) groups is 2. The molecule has 0 bridgehead atoms. The third kappa shape index (κ3) is 5.44. The van der Waals surface area contributed by atoms with Crippen LogP contribution in [0.3, 0.4) is 0 Å². The summed E-state index contributed by atoms with van der Waals surface area (Å²) in [4.78, 5) is 8.12. The van der Waals surface area contributed by atoms with Crippen LogP contribution in [0.4, 0.5) is 0 Å². The van der Waals surface area contributed by atoms with Crippen LogP contribution >= 0.6 is 24.4 Å². The molecular weight excluding hydrogens is 260 g/mol. The minimum atomic E-state index is 0.175. The zero-order valence-electron chi connectivity index (χ0n) is 10.6. The minimum Gasteiger partial charge on any atom is -0.229 e. The summed E-state index contributed by atoms with van der Waals surface area (Å²) in [7, 11) is 0. The molecule has 2 unspecified atom stereocenters. The van der Waals surface area contributed by atoms with E-state index >= 15 is 0 Å². The van der Waals surface area contributed by atoms with Crippen LogP contribution in [0.2, 0.25) is 0 Å². The van der Waals surface area contributed by atoms with Crippen molar-refractivity contribution in [1.82, 2.24) is 0 Å². The van der Waals surface area contributed by atoms with E-state index < -0.39 is 0 Å². The second-order valence-electron chi connectivity index (χ2n) is 4.37. The average molecular weight is 276 g/mol. The van der Waals surface area contributed by atoms with Gasteiger partial charge in [-0.3, -0.25) is 0 Å². The molecular formula is C14H16N2S2. The van der Waals surface area contributed by atoms with Crippen LogP contribution in [0, 0.1) is 0 Å². The Labute approximate surface area is 119 Å². The van der Waals surface area contributed by atoms with Gasteiger partial charge in [0.25, 0.3) is 0 Å². The average Bonchev–Trinajstić information content (AvgIpc) is 2.29. The van der Waals surface area contributed by atoms with Gasteiger partial charge in [0.1, 0.15) is 0 Å². The van der Waals surface area contributed by atoms with Crippen molar-refractivity contribution in [2.24, 2.45) is 9.98 Å². The maximum Gasteiger partial charge on any atom is 0.0614 e. The number of hydrogen-bond donors (Lipinski definition) is 0. The fourth-order valence-electron chi connectivity index (χ4n) is 1.84. The van der Waals surface area contributed by atoms with E-state index in [0.29, 0.717) is 0 Å². The maximum atomic E-state index is 4.61. The molecule has 1 aromatic rings. The molecule has 0 saturated heterocycles. The Morgan fingerprint density at radius 2 is 1.44 bits per heavy atom. The lowest BCUT2D eigenvalue weighted by atomic mass is 10.0. The highest BCUT2D eigenvalue weighted by molar-refractivity contribution is 7.78. The fraction of sp³-hybridized carbons (Fsp3) is 0.429. The number of nitrogens with zero attached hydrogens (tertiary/aromatic N) is 2. The van der Waals surface area contributed by atoms with E-state index in [-0.39, 0.29) is 12.1 Å². The highest BCUT2D eigenvalue weighted by Gasteiger charge is 2.04. The summed E-state index contributed by atoms with van der Waals surface area (Å²) >= 11 is 9.22. The van der Waals surface area contributed by atoms with Crippen molar-refractivity contribution in [3.63, 3.8) is 0 Å². The molecule has 0 N–H and O–H groups in total. The summed E-state index contributed by atoms with van der Waals surface area (Å²) in [5, 5.41) is 4.85. The van der Waals surface area contributed by atoms with Crippen LogP contribution in [-0.4, -0.2) is 22.4 Å². The lowest BCUT2D eigenvalue weighted by Gasteiger charge is -2.09.